The highest BCUT2D eigenvalue weighted by atomic mass is 15.1. The average Bonchev–Trinajstić information content (AvgIpc) is 3.90. The molecule has 9 aromatic carbocycles. The summed E-state index contributed by atoms with van der Waals surface area (Å²) in [4.78, 5) is 4.23. The van der Waals surface area contributed by atoms with Gasteiger partial charge in [-0.05, 0) is 128 Å². The molecule has 0 saturated heterocycles. The maximum absolute atomic E-state index is 9.13. The third kappa shape index (κ3) is 4.76. The number of nitrogens with zero attached hydrogens (tertiary/aromatic N) is 2. The highest BCUT2D eigenvalue weighted by Crippen LogP contribution is 2.64. The average molecular weight is 772 g/mol. The number of anilines is 6. The summed E-state index contributed by atoms with van der Waals surface area (Å²) in [6.45, 7) is 4.65. The van der Waals surface area contributed by atoms with E-state index in [9.17, 15) is 0 Å². The quantitative estimate of drug-likeness (QED) is 0.166. The van der Waals surface area contributed by atoms with E-state index in [1.54, 1.807) is 0 Å². The molecule has 0 aliphatic heterocycles. The van der Waals surface area contributed by atoms with E-state index in [-0.39, 0.29) is 35.3 Å². The molecule has 0 N–H and O–H groups in total. The molecule has 0 amide bonds. The molecule has 3 aliphatic carbocycles. The minimum Gasteiger partial charge on any atom is -0.310 e. The zero-order chi connectivity index (χ0) is 44.4. The molecule has 12 rings (SSSR count). The topological polar surface area (TPSA) is 6.48 Å². The summed E-state index contributed by atoms with van der Waals surface area (Å²) >= 11 is 0. The molecule has 3 aliphatic rings. The second-order valence-corrected chi connectivity index (χ2v) is 16.5. The predicted octanol–water partition coefficient (Wildman–Crippen LogP) is 15.3. The van der Waals surface area contributed by atoms with Gasteiger partial charge < -0.3 is 9.80 Å². The lowest BCUT2D eigenvalue weighted by molar-refractivity contribution is 0.660. The van der Waals surface area contributed by atoms with Crippen molar-refractivity contribution >= 4 is 34.1 Å². The van der Waals surface area contributed by atoms with E-state index in [1.165, 1.54) is 33.4 Å². The molecule has 2 heteroatoms. The molecule has 0 bridgehead atoms. The van der Waals surface area contributed by atoms with E-state index >= 15 is 0 Å². The van der Waals surface area contributed by atoms with Crippen LogP contribution in [-0.2, 0) is 10.8 Å². The summed E-state index contributed by atoms with van der Waals surface area (Å²) in [5, 5.41) is 0. The first-order valence-corrected chi connectivity index (χ1v) is 20.6. The SMILES string of the molecule is [2H]c1c([2H])c([2H])c(N(c2ccccc2)c2ccc3c(c2)C2(c4ccccc4-c4cc(N(c5ccccc5)c5cccc6c5-c5ccccc5C6(C)C)ccc42)c2ccccc2-3)c([2H])c1[2H]. The Morgan fingerprint density at radius 1 is 0.350 bits per heavy atom. The van der Waals surface area contributed by atoms with Crippen LogP contribution >= 0.6 is 0 Å². The lowest BCUT2D eigenvalue weighted by Gasteiger charge is -2.33. The Labute approximate surface area is 359 Å². The van der Waals surface area contributed by atoms with Gasteiger partial charge in [-0.25, -0.2) is 0 Å². The molecular formula is C58H42N2. The van der Waals surface area contributed by atoms with Crippen LogP contribution < -0.4 is 9.80 Å². The van der Waals surface area contributed by atoms with Crippen LogP contribution in [0.2, 0.25) is 0 Å². The second-order valence-electron chi connectivity index (χ2n) is 16.5. The smallest absolute Gasteiger partial charge is 0.0726 e. The van der Waals surface area contributed by atoms with Crippen molar-refractivity contribution in [3.05, 3.63) is 252 Å². The molecule has 9 aromatic rings. The summed E-state index contributed by atoms with van der Waals surface area (Å²) in [5.41, 5.74) is 18.1. The van der Waals surface area contributed by atoms with Gasteiger partial charge in [-0.1, -0.05) is 165 Å². The standard InChI is InChI=1S/C58H42N2/c1-57(2)49-28-15-14-27-47(49)56-53(57)31-18-32-55(56)60(41-23-10-5-11-24-41)42-34-36-52-48(37-42)45-26-13-17-30-51(45)58(52)50-29-16-12-25-44(50)46-35-33-43(38-54(46)58)59(39-19-6-3-7-20-39)40-21-8-4-9-22-40/h3-38H,1-2H3/i3D,6D,7D,19D,20D. The van der Waals surface area contributed by atoms with Crippen molar-refractivity contribution in [3.8, 4) is 33.4 Å². The largest absolute Gasteiger partial charge is 0.310 e. The number of hydrogen-bond donors (Lipinski definition) is 0. The van der Waals surface area contributed by atoms with Crippen LogP contribution in [0.15, 0.2) is 218 Å². The molecule has 1 spiro atoms. The van der Waals surface area contributed by atoms with Gasteiger partial charge in [0.15, 0.2) is 0 Å². The molecule has 284 valence electrons. The van der Waals surface area contributed by atoms with Gasteiger partial charge in [0, 0.05) is 39.4 Å². The first-order valence-electron chi connectivity index (χ1n) is 23.1. The minimum atomic E-state index is -0.719. The predicted molar refractivity (Wildman–Crippen MR) is 250 cm³/mol. The Morgan fingerprint density at radius 3 is 1.57 bits per heavy atom. The van der Waals surface area contributed by atoms with Crippen LogP contribution in [0.1, 0.15) is 54.1 Å². The molecule has 0 aromatic heterocycles. The summed E-state index contributed by atoms with van der Waals surface area (Å²) in [5.74, 6) is 0. The Balaban J connectivity index is 1.11. The van der Waals surface area contributed by atoms with E-state index in [0.717, 1.165) is 50.4 Å². The van der Waals surface area contributed by atoms with Gasteiger partial charge in [0.1, 0.15) is 0 Å². The maximum Gasteiger partial charge on any atom is 0.0726 e. The zero-order valence-corrected chi connectivity index (χ0v) is 33.3. The molecule has 2 nitrogen and oxygen atoms in total. The zero-order valence-electron chi connectivity index (χ0n) is 38.3. The van der Waals surface area contributed by atoms with E-state index in [4.69, 9.17) is 6.85 Å². The fraction of sp³-hybridized carbons (Fsp3) is 0.0690. The van der Waals surface area contributed by atoms with Gasteiger partial charge in [-0.2, -0.15) is 0 Å². The van der Waals surface area contributed by atoms with Crippen molar-refractivity contribution in [1.29, 1.82) is 0 Å². The molecule has 0 radical (unpaired) electrons. The number of fused-ring (bicyclic) bond motifs is 13. The molecule has 0 heterocycles. The second kappa shape index (κ2) is 13.0. The fourth-order valence-corrected chi connectivity index (χ4v) is 10.7. The van der Waals surface area contributed by atoms with Gasteiger partial charge >= 0.3 is 0 Å². The summed E-state index contributed by atoms with van der Waals surface area (Å²) < 4.78 is 44.0. The highest BCUT2D eigenvalue weighted by Gasteiger charge is 2.52. The fourth-order valence-electron chi connectivity index (χ4n) is 10.7. The maximum atomic E-state index is 9.13. The first kappa shape index (κ1) is 29.7. The number of benzene rings is 9. The highest BCUT2D eigenvalue weighted by molar-refractivity contribution is 5.99. The van der Waals surface area contributed by atoms with E-state index in [1.807, 2.05) is 41.3 Å². The molecular weight excluding hydrogens is 725 g/mol. The van der Waals surface area contributed by atoms with Crippen molar-refractivity contribution in [1.82, 2.24) is 0 Å². The molecule has 60 heavy (non-hydrogen) atoms. The van der Waals surface area contributed by atoms with Crippen LogP contribution in [0.25, 0.3) is 33.4 Å². The minimum absolute atomic E-state index is 0.1000. The monoisotopic (exact) mass is 771 g/mol. The Hall–Kier alpha value is -7.42. The summed E-state index contributed by atoms with van der Waals surface area (Å²) in [6.07, 6.45) is 0. The van der Waals surface area contributed by atoms with Gasteiger partial charge in [0.2, 0.25) is 0 Å². The van der Waals surface area contributed by atoms with Crippen molar-refractivity contribution in [2.24, 2.45) is 0 Å². The number of rotatable bonds is 6. The third-order valence-corrected chi connectivity index (χ3v) is 13.1. The Morgan fingerprint density at radius 2 is 0.867 bits per heavy atom. The lowest BCUT2D eigenvalue weighted by Crippen LogP contribution is -2.26. The molecule has 1 unspecified atom stereocenters. The van der Waals surface area contributed by atoms with Crippen molar-refractivity contribution in [3.63, 3.8) is 0 Å². The van der Waals surface area contributed by atoms with Crippen LogP contribution in [0, 0.1) is 0 Å². The third-order valence-electron chi connectivity index (χ3n) is 13.1. The van der Waals surface area contributed by atoms with Gasteiger partial charge in [0.05, 0.1) is 18.0 Å². The van der Waals surface area contributed by atoms with Crippen molar-refractivity contribution in [2.45, 2.75) is 24.7 Å². The molecule has 0 fully saturated rings. The van der Waals surface area contributed by atoms with E-state index in [0.29, 0.717) is 11.4 Å². The van der Waals surface area contributed by atoms with Crippen molar-refractivity contribution in [2.75, 3.05) is 9.80 Å². The van der Waals surface area contributed by atoms with Crippen molar-refractivity contribution < 1.29 is 6.85 Å². The van der Waals surface area contributed by atoms with Gasteiger partial charge in [-0.3, -0.25) is 0 Å². The van der Waals surface area contributed by atoms with Gasteiger partial charge in [-0.15, -0.1) is 0 Å². The van der Waals surface area contributed by atoms with Crippen LogP contribution in [-0.4, -0.2) is 0 Å². The Bertz CT molecular complexity index is 3410. The number of para-hydroxylation sites is 3. The van der Waals surface area contributed by atoms with E-state index < -0.39 is 11.5 Å². The molecule has 0 saturated carbocycles. The summed E-state index contributed by atoms with van der Waals surface area (Å²) in [7, 11) is 0. The van der Waals surface area contributed by atoms with Crippen LogP contribution in [0.3, 0.4) is 0 Å². The normalized spacial score (nSPS) is 16.9. The molecule has 1 atom stereocenters. The summed E-state index contributed by atoms with van der Waals surface area (Å²) in [6, 6.07) is 64.8. The first-order chi connectivity index (χ1) is 31.6. The van der Waals surface area contributed by atoms with Crippen LogP contribution in [0.5, 0.6) is 0 Å². The van der Waals surface area contributed by atoms with Crippen LogP contribution in [0.4, 0.5) is 34.1 Å². The Kier molecular flexibility index (Phi) is 6.47. The lowest BCUT2D eigenvalue weighted by atomic mass is 9.70. The van der Waals surface area contributed by atoms with Gasteiger partial charge in [0.25, 0.3) is 0 Å². The van der Waals surface area contributed by atoms with E-state index in [2.05, 4.69) is 170 Å². The number of hydrogen-bond acceptors (Lipinski definition) is 2.